The van der Waals surface area contributed by atoms with E-state index in [4.69, 9.17) is 11.5 Å². The molecular weight excluding hydrogens is 309 g/mol. The Labute approximate surface area is 136 Å². The van der Waals surface area contributed by atoms with E-state index in [0.29, 0.717) is 5.56 Å². The molecule has 0 spiro atoms. The van der Waals surface area contributed by atoms with Crippen molar-refractivity contribution in [2.75, 3.05) is 11.5 Å². The van der Waals surface area contributed by atoms with Gasteiger partial charge in [-0.1, -0.05) is 18.2 Å². The van der Waals surface area contributed by atoms with Crippen LogP contribution in [0.5, 0.6) is 5.75 Å². The summed E-state index contributed by atoms with van der Waals surface area (Å²) >= 11 is 0. The number of nitrogens with two attached hydrogens (primary N) is 2. The molecule has 0 aliphatic heterocycles. The summed E-state index contributed by atoms with van der Waals surface area (Å²) in [6.45, 7) is 0. The molecule has 7 heteroatoms. The van der Waals surface area contributed by atoms with Gasteiger partial charge in [-0.3, -0.25) is 0 Å². The Bertz CT molecular complexity index is 964. The SMILES string of the molecule is N#Cc1c(N)nc(N)nc1-c1cc(-c2ccc(F)cc2)ccc1O. The quantitative estimate of drug-likeness (QED) is 0.667. The zero-order chi connectivity index (χ0) is 17.3. The van der Waals surface area contributed by atoms with E-state index in [1.54, 1.807) is 24.3 Å². The van der Waals surface area contributed by atoms with Gasteiger partial charge < -0.3 is 16.6 Å². The normalized spacial score (nSPS) is 10.3. The Kier molecular flexibility index (Phi) is 3.72. The lowest BCUT2D eigenvalue weighted by atomic mass is 9.99. The number of nitrogen functional groups attached to an aromatic ring is 2. The highest BCUT2D eigenvalue weighted by atomic mass is 19.1. The van der Waals surface area contributed by atoms with Crippen molar-refractivity contribution in [3.63, 3.8) is 0 Å². The first kappa shape index (κ1) is 15.2. The molecule has 0 aliphatic carbocycles. The number of hydrogen-bond acceptors (Lipinski definition) is 6. The molecule has 1 heterocycles. The second kappa shape index (κ2) is 5.85. The van der Waals surface area contributed by atoms with Gasteiger partial charge in [-0.05, 0) is 35.4 Å². The molecule has 0 radical (unpaired) electrons. The average Bonchev–Trinajstić information content (AvgIpc) is 2.55. The molecule has 0 amide bonds. The Morgan fingerprint density at radius 3 is 2.33 bits per heavy atom. The largest absolute Gasteiger partial charge is 0.507 e. The van der Waals surface area contributed by atoms with Crippen LogP contribution in [0.15, 0.2) is 42.5 Å². The van der Waals surface area contributed by atoms with E-state index in [9.17, 15) is 14.8 Å². The summed E-state index contributed by atoms with van der Waals surface area (Å²) in [4.78, 5) is 7.78. The van der Waals surface area contributed by atoms with Gasteiger partial charge in [0.05, 0.1) is 5.69 Å². The smallest absolute Gasteiger partial charge is 0.222 e. The van der Waals surface area contributed by atoms with E-state index >= 15 is 0 Å². The fraction of sp³-hybridized carbons (Fsp3) is 0. The molecule has 0 saturated heterocycles. The number of benzene rings is 2. The minimum absolute atomic E-state index is 0.0238. The first-order valence-corrected chi connectivity index (χ1v) is 6.92. The molecule has 1 aromatic heterocycles. The topological polar surface area (TPSA) is 122 Å². The summed E-state index contributed by atoms with van der Waals surface area (Å²) in [5, 5.41) is 19.5. The Balaban J connectivity index is 2.21. The molecule has 0 saturated carbocycles. The standard InChI is InChI=1S/C17H12FN5O/c18-11-4-1-9(2-5-11)10-3-6-14(24)12(7-10)15-13(8-19)16(20)23-17(21)22-15/h1-7,24H,(H4,20,21,22,23). The molecule has 0 fully saturated rings. The van der Waals surface area contributed by atoms with Crippen molar-refractivity contribution in [2.45, 2.75) is 0 Å². The summed E-state index contributed by atoms with van der Waals surface area (Å²) in [5.74, 6) is -0.601. The van der Waals surface area contributed by atoms with E-state index < -0.39 is 0 Å². The highest BCUT2D eigenvalue weighted by Crippen LogP contribution is 2.35. The second-order valence-electron chi connectivity index (χ2n) is 5.04. The molecule has 0 atom stereocenters. The number of anilines is 2. The molecule has 2 aromatic carbocycles. The van der Waals surface area contributed by atoms with E-state index in [-0.39, 0.29) is 40.2 Å². The third kappa shape index (κ3) is 2.68. The Hall–Kier alpha value is -3.66. The summed E-state index contributed by atoms with van der Waals surface area (Å²) in [6.07, 6.45) is 0. The molecule has 0 aliphatic rings. The van der Waals surface area contributed by atoms with Gasteiger partial charge in [-0.25, -0.2) is 9.37 Å². The number of aromatic hydroxyl groups is 1. The highest BCUT2D eigenvalue weighted by Gasteiger charge is 2.17. The number of halogens is 1. The van der Waals surface area contributed by atoms with Crippen LogP contribution in [0.4, 0.5) is 16.2 Å². The van der Waals surface area contributed by atoms with Gasteiger partial charge in [0.1, 0.15) is 29.0 Å². The van der Waals surface area contributed by atoms with Crippen LogP contribution in [-0.2, 0) is 0 Å². The predicted octanol–water partition coefficient (Wildman–Crippen LogP) is 2.69. The van der Waals surface area contributed by atoms with Crippen LogP contribution in [0.25, 0.3) is 22.4 Å². The van der Waals surface area contributed by atoms with E-state index in [2.05, 4.69) is 9.97 Å². The summed E-state index contributed by atoms with van der Waals surface area (Å²) < 4.78 is 13.1. The number of nitriles is 1. The average molecular weight is 321 g/mol. The van der Waals surface area contributed by atoms with Crippen LogP contribution >= 0.6 is 0 Å². The van der Waals surface area contributed by atoms with Crippen molar-refractivity contribution in [3.05, 3.63) is 53.8 Å². The summed E-state index contributed by atoms with van der Waals surface area (Å²) in [6, 6.07) is 12.6. The Morgan fingerprint density at radius 2 is 1.67 bits per heavy atom. The maximum Gasteiger partial charge on any atom is 0.222 e. The number of phenols is 1. The van der Waals surface area contributed by atoms with Crippen molar-refractivity contribution in [1.29, 1.82) is 5.26 Å². The van der Waals surface area contributed by atoms with E-state index in [1.165, 1.54) is 18.2 Å². The number of hydrogen-bond donors (Lipinski definition) is 3. The van der Waals surface area contributed by atoms with Gasteiger partial charge in [0, 0.05) is 5.56 Å². The van der Waals surface area contributed by atoms with Crippen molar-refractivity contribution in [3.8, 4) is 34.2 Å². The molecule has 24 heavy (non-hydrogen) atoms. The van der Waals surface area contributed by atoms with Gasteiger partial charge in [-0.2, -0.15) is 10.2 Å². The molecule has 6 nitrogen and oxygen atoms in total. The molecule has 0 bridgehead atoms. The predicted molar refractivity (Wildman–Crippen MR) is 88.1 cm³/mol. The van der Waals surface area contributed by atoms with Crippen molar-refractivity contribution in [1.82, 2.24) is 9.97 Å². The lowest BCUT2D eigenvalue weighted by molar-refractivity contribution is 0.477. The highest BCUT2D eigenvalue weighted by molar-refractivity contribution is 5.81. The van der Waals surface area contributed by atoms with Gasteiger partial charge in [-0.15, -0.1) is 0 Å². The van der Waals surface area contributed by atoms with Crippen LogP contribution in [0.2, 0.25) is 0 Å². The number of phenolic OH excluding ortho intramolecular Hbond substituents is 1. The lowest BCUT2D eigenvalue weighted by Crippen LogP contribution is -2.05. The molecule has 0 unspecified atom stereocenters. The lowest BCUT2D eigenvalue weighted by Gasteiger charge is -2.10. The van der Waals surface area contributed by atoms with Crippen LogP contribution in [-0.4, -0.2) is 15.1 Å². The third-order valence-electron chi connectivity index (χ3n) is 3.50. The molecule has 3 aromatic rings. The first-order chi connectivity index (χ1) is 11.5. The first-order valence-electron chi connectivity index (χ1n) is 6.92. The molecule has 5 N–H and O–H groups in total. The van der Waals surface area contributed by atoms with Crippen LogP contribution in [0.3, 0.4) is 0 Å². The Morgan fingerprint density at radius 1 is 1.00 bits per heavy atom. The fourth-order valence-corrected chi connectivity index (χ4v) is 2.35. The number of aromatic nitrogens is 2. The minimum atomic E-state index is -0.346. The van der Waals surface area contributed by atoms with Crippen LogP contribution in [0.1, 0.15) is 5.56 Å². The minimum Gasteiger partial charge on any atom is -0.507 e. The summed E-state index contributed by atoms with van der Waals surface area (Å²) in [7, 11) is 0. The monoisotopic (exact) mass is 321 g/mol. The van der Waals surface area contributed by atoms with Crippen molar-refractivity contribution in [2.24, 2.45) is 0 Å². The molecule has 3 rings (SSSR count). The van der Waals surface area contributed by atoms with Crippen molar-refractivity contribution < 1.29 is 9.50 Å². The molecule has 118 valence electrons. The van der Waals surface area contributed by atoms with Crippen molar-refractivity contribution >= 4 is 11.8 Å². The fourth-order valence-electron chi connectivity index (χ4n) is 2.35. The molecular formula is C17H12FN5O. The number of nitrogens with zero attached hydrogens (tertiary/aromatic N) is 3. The maximum absolute atomic E-state index is 13.1. The van der Waals surface area contributed by atoms with Gasteiger partial charge in [0.15, 0.2) is 0 Å². The zero-order valence-electron chi connectivity index (χ0n) is 12.4. The van der Waals surface area contributed by atoms with Crippen LogP contribution < -0.4 is 11.5 Å². The second-order valence-corrected chi connectivity index (χ2v) is 5.04. The maximum atomic E-state index is 13.1. The van der Waals surface area contributed by atoms with E-state index in [0.717, 1.165) is 5.56 Å². The zero-order valence-corrected chi connectivity index (χ0v) is 12.4. The third-order valence-corrected chi connectivity index (χ3v) is 3.50. The van der Waals surface area contributed by atoms with Gasteiger partial charge in [0.2, 0.25) is 5.95 Å². The van der Waals surface area contributed by atoms with E-state index in [1.807, 2.05) is 6.07 Å². The van der Waals surface area contributed by atoms with Gasteiger partial charge >= 0.3 is 0 Å². The van der Waals surface area contributed by atoms with Crippen LogP contribution in [0, 0.1) is 17.1 Å². The van der Waals surface area contributed by atoms with Gasteiger partial charge in [0.25, 0.3) is 0 Å². The number of rotatable bonds is 2. The summed E-state index contributed by atoms with van der Waals surface area (Å²) in [5.41, 5.74) is 13.2.